The highest BCUT2D eigenvalue weighted by Gasteiger charge is 2.38. The number of halogens is 3. The number of aromatic hydroxyl groups is 1. The summed E-state index contributed by atoms with van der Waals surface area (Å²) in [6.07, 6.45) is -3.96. The minimum Gasteiger partial charge on any atom is -0.508 e. The molecule has 220 valence electrons. The number of aliphatic carboxylic acids is 1. The molecule has 1 saturated heterocycles. The minimum absolute atomic E-state index is 0.0902. The van der Waals surface area contributed by atoms with Gasteiger partial charge in [0.05, 0.1) is 0 Å². The van der Waals surface area contributed by atoms with Crippen molar-refractivity contribution in [3.05, 3.63) is 108 Å². The molecule has 0 saturated carbocycles. The van der Waals surface area contributed by atoms with Crippen LogP contribution in [-0.2, 0) is 17.9 Å². The predicted octanol–water partition coefficient (Wildman–Crippen LogP) is 6.14. The molecule has 1 aliphatic rings. The fourth-order valence-electron chi connectivity index (χ4n) is 4.74. The molecule has 7 nitrogen and oxygen atoms in total. The lowest BCUT2D eigenvalue weighted by molar-refractivity contribution is -0.192. The van der Waals surface area contributed by atoms with Gasteiger partial charge in [-0.3, -0.25) is 14.6 Å². The van der Waals surface area contributed by atoms with Crippen LogP contribution in [0.3, 0.4) is 0 Å². The lowest BCUT2D eigenvalue weighted by atomic mass is 10.1. The van der Waals surface area contributed by atoms with E-state index in [4.69, 9.17) is 9.90 Å². The standard InChI is InChI=1S/C30H31N3O2.C2HF3O2/c34-29-13-9-23(10-14-29)21-32-15-4-16-33(18-17-32)22-24-5-3-8-28(19-24)31-30(35)27-12-11-25-6-1-2-7-26(25)20-27;3-2(4,5)1(6)7/h1-3,5-14,19-20,34H,4,15-18,21-22H2,(H,31,35);(H,6,7). The van der Waals surface area contributed by atoms with Gasteiger partial charge in [-0.1, -0.05) is 54.6 Å². The van der Waals surface area contributed by atoms with Gasteiger partial charge in [-0.2, -0.15) is 13.2 Å². The molecule has 3 N–H and O–H groups in total. The molecule has 0 atom stereocenters. The lowest BCUT2D eigenvalue weighted by Gasteiger charge is -2.22. The van der Waals surface area contributed by atoms with Crippen LogP contribution < -0.4 is 5.32 Å². The highest BCUT2D eigenvalue weighted by atomic mass is 19.4. The first-order valence-electron chi connectivity index (χ1n) is 13.5. The molecule has 10 heteroatoms. The summed E-state index contributed by atoms with van der Waals surface area (Å²) in [7, 11) is 0. The molecule has 0 unspecified atom stereocenters. The number of alkyl halides is 3. The van der Waals surface area contributed by atoms with Crippen LogP contribution in [0.1, 0.15) is 27.9 Å². The third kappa shape index (κ3) is 9.05. The first-order valence-corrected chi connectivity index (χ1v) is 13.5. The molecule has 1 aliphatic heterocycles. The number of nitrogens with zero attached hydrogens (tertiary/aromatic N) is 2. The summed E-state index contributed by atoms with van der Waals surface area (Å²) in [4.78, 5) is 26.7. The van der Waals surface area contributed by atoms with Crippen molar-refractivity contribution in [3.63, 3.8) is 0 Å². The van der Waals surface area contributed by atoms with Crippen LogP contribution >= 0.6 is 0 Å². The maximum Gasteiger partial charge on any atom is 0.490 e. The number of phenolic OH excluding ortho intramolecular Hbond substituents is 1. The monoisotopic (exact) mass is 579 g/mol. The van der Waals surface area contributed by atoms with Gasteiger partial charge in [0.15, 0.2) is 0 Å². The third-order valence-corrected chi connectivity index (χ3v) is 6.87. The van der Waals surface area contributed by atoms with Crippen molar-refractivity contribution >= 4 is 28.3 Å². The van der Waals surface area contributed by atoms with Gasteiger partial charge < -0.3 is 15.5 Å². The zero-order valence-corrected chi connectivity index (χ0v) is 22.8. The summed E-state index contributed by atoms with van der Waals surface area (Å²) < 4.78 is 31.7. The summed E-state index contributed by atoms with van der Waals surface area (Å²) in [5, 5.41) is 21.9. The normalized spacial score (nSPS) is 14.5. The Hall–Kier alpha value is -4.41. The van der Waals surface area contributed by atoms with E-state index in [1.807, 2.05) is 60.7 Å². The van der Waals surface area contributed by atoms with Gasteiger partial charge in [-0.25, -0.2) is 4.79 Å². The molecular formula is C32H32F3N3O4. The molecule has 4 aromatic rings. The maximum atomic E-state index is 12.9. The Bertz CT molecular complexity index is 1510. The van der Waals surface area contributed by atoms with Crippen LogP contribution in [0, 0.1) is 0 Å². The van der Waals surface area contributed by atoms with Gasteiger partial charge in [-0.05, 0) is 77.8 Å². The summed E-state index contributed by atoms with van der Waals surface area (Å²) >= 11 is 0. The van der Waals surface area contributed by atoms with E-state index in [9.17, 15) is 23.1 Å². The molecule has 1 heterocycles. The van der Waals surface area contributed by atoms with E-state index in [1.165, 1.54) is 11.1 Å². The van der Waals surface area contributed by atoms with Crippen molar-refractivity contribution in [1.29, 1.82) is 0 Å². The van der Waals surface area contributed by atoms with Gasteiger partial charge in [0.1, 0.15) is 5.75 Å². The van der Waals surface area contributed by atoms with Gasteiger partial charge in [0.25, 0.3) is 5.91 Å². The summed E-state index contributed by atoms with van der Waals surface area (Å²) in [5.74, 6) is -2.54. The van der Waals surface area contributed by atoms with E-state index >= 15 is 0 Å². The van der Waals surface area contributed by atoms with Crippen LogP contribution in [0.25, 0.3) is 10.8 Å². The van der Waals surface area contributed by atoms with Crippen LogP contribution in [0.2, 0.25) is 0 Å². The summed E-state index contributed by atoms with van der Waals surface area (Å²) in [6, 6.07) is 29.6. The van der Waals surface area contributed by atoms with Crippen LogP contribution in [-0.4, -0.2) is 64.2 Å². The number of carbonyl (C=O) groups excluding carboxylic acids is 1. The summed E-state index contributed by atoms with van der Waals surface area (Å²) in [6.45, 7) is 5.92. The number of hydrogen-bond donors (Lipinski definition) is 3. The second-order valence-corrected chi connectivity index (χ2v) is 10.1. The van der Waals surface area contributed by atoms with E-state index in [-0.39, 0.29) is 5.91 Å². The van der Waals surface area contributed by atoms with E-state index < -0.39 is 12.1 Å². The van der Waals surface area contributed by atoms with Crippen LogP contribution in [0.4, 0.5) is 18.9 Å². The Labute approximate surface area is 241 Å². The number of benzene rings is 4. The van der Waals surface area contributed by atoms with Crippen molar-refractivity contribution in [3.8, 4) is 5.75 Å². The maximum absolute atomic E-state index is 12.9. The fraction of sp³-hybridized carbons (Fsp3) is 0.250. The Morgan fingerprint density at radius 1 is 0.738 bits per heavy atom. The average Bonchev–Trinajstić information content (AvgIpc) is 3.18. The molecule has 1 fully saturated rings. The van der Waals surface area contributed by atoms with E-state index in [2.05, 4.69) is 33.3 Å². The number of amides is 1. The highest BCUT2D eigenvalue weighted by molar-refractivity contribution is 6.06. The van der Waals surface area contributed by atoms with Gasteiger partial charge in [-0.15, -0.1) is 0 Å². The largest absolute Gasteiger partial charge is 0.508 e. The number of hydrogen-bond acceptors (Lipinski definition) is 5. The Morgan fingerprint density at radius 2 is 1.36 bits per heavy atom. The highest BCUT2D eigenvalue weighted by Crippen LogP contribution is 2.19. The first-order chi connectivity index (χ1) is 20.1. The minimum atomic E-state index is -5.08. The molecular weight excluding hydrogens is 547 g/mol. The van der Waals surface area contributed by atoms with Crippen molar-refractivity contribution in [2.75, 3.05) is 31.5 Å². The van der Waals surface area contributed by atoms with Crippen molar-refractivity contribution < 1.29 is 33.0 Å². The second-order valence-electron chi connectivity index (χ2n) is 10.1. The van der Waals surface area contributed by atoms with Crippen LogP contribution in [0.5, 0.6) is 5.75 Å². The molecule has 0 aromatic heterocycles. The molecule has 1 amide bonds. The first kappa shape index (κ1) is 30.5. The number of nitrogens with one attached hydrogen (secondary N) is 1. The van der Waals surface area contributed by atoms with E-state index in [0.717, 1.165) is 62.1 Å². The number of carbonyl (C=O) groups is 2. The third-order valence-electron chi connectivity index (χ3n) is 6.87. The number of carboxylic acids is 1. The number of phenols is 1. The van der Waals surface area contributed by atoms with Gasteiger partial charge >= 0.3 is 12.1 Å². The van der Waals surface area contributed by atoms with E-state index in [1.54, 1.807) is 12.1 Å². The molecule has 0 bridgehead atoms. The van der Waals surface area contributed by atoms with Crippen molar-refractivity contribution in [2.24, 2.45) is 0 Å². The van der Waals surface area contributed by atoms with E-state index in [0.29, 0.717) is 11.3 Å². The molecule has 0 spiro atoms. The predicted molar refractivity (Wildman–Crippen MR) is 155 cm³/mol. The Morgan fingerprint density at radius 3 is 2.00 bits per heavy atom. The molecule has 42 heavy (non-hydrogen) atoms. The number of anilines is 1. The molecule has 5 rings (SSSR count). The quantitative estimate of drug-likeness (QED) is 0.254. The van der Waals surface area contributed by atoms with Crippen molar-refractivity contribution in [1.82, 2.24) is 9.80 Å². The summed E-state index contributed by atoms with van der Waals surface area (Å²) in [5.41, 5.74) is 3.92. The van der Waals surface area contributed by atoms with Gasteiger partial charge in [0.2, 0.25) is 0 Å². The smallest absolute Gasteiger partial charge is 0.490 e. The lowest BCUT2D eigenvalue weighted by Crippen LogP contribution is -2.30. The Balaban J connectivity index is 0.000000517. The molecule has 4 aromatic carbocycles. The fourth-order valence-corrected chi connectivity index (χ4v) is 4.74. The van der Waals surface area contributed by atoms with Crippen molar-refractivity contribution in [2.45, 2.75) is 25.7 Å². The molecule has 0 aliphatic carbocycles. The Kier molecular flexibility index (Phi) is 10.2. The number of carboxylic acid groups (broad SMARTS) is 1. The average molecular weight is 580 g/mol. The van der Waals surface area contributed by atoms with Crippen LogP contribution in [0.15, 0.2) is 91.0 Å². The topological polar surface area (TPSA) is 93.1 Å². The number of rotatable bonds is 6. The number of fused-ring (bicyclic) bond motifs is 1. The molecule has 0 radical (unpaired) electrons. The zero-order valence-electron chi connectivity index (χ0n) is 22.8. The van der Waals surface area contributed by atoms with Gasteiger partial charge in [0, 0.05) is 37.4 Å². The zero-order chi connectivity index (χ0) is 30.1. The second kappa shape index (κ2) is 14.0. The SMILES string of the molecule is O=C(Nc1cccc(CN2CCCN(Cc3ccc(O)cc3)CC2)c1)c1ccc2ccccc2c1.O=C(O)C(F)(F)F.